The van der Waals surface area contributed by atoms with Gasteiger partial charge in [0.1, 0.15) is 5.82 Å². The molecule has 3 aromatic rings. The zero-order valence-corrected chi connectivity index (χ0v) is 13.4. The quantitative estimate of drug-likeness (QED) is 0.727. The van der Waals surface area contributed by atoms with E-state index in [-0.39, 0.29) is 5.91 Å². The fourth-order valence-corrected chi connectivity index (χ4v) is 2.18. The smallest absolute Gasteiger partial charge is 0.256 e. The lowest BCUT2D eigenvalue weighted by molar-refractivity contribution is 0.102. The van der Waals surface area contributed by atoms with E-state index in [2.05, 4.69) is 15.6 Å². The van der Waals surface area contributed by atoms with E-state index in [1.165, 1.54) is 12.3 Å². The van der Waals surface area contributed by atoms with E-state index in [0.717, 1.165) is 17.7 Å². The van der Waals surface area contributed by atoms with E-state index < -0.39 is 11.6 Å². The van der Waals surface area contributed by atoms with Gasteiger partial charge in [-0.05, 0) is 43.3 Å². The predicted octanol–water partition coefficient (Wildman–Crippen LogP) is 4.66. The highest BCUT2D eigenvalue weighted by atomic mass is 19.2. The molecule has 1 heterocycles. The standard InChI is InChI=1S/C19H15F2N3O/c1-12-2-4-13(5-3-12)19(25)24-18-9-7-15(11-22-18)23-14-6-8-16(20)17(21)10-14/h2-11,23H,1H3,(H,22,24,25). The molecule has 126 valence electrons. The molecule has 0 saturated heterocycles. The van der Waals surface area contributed by atoms with Gasteiger partial charge in [-0.2, -0.15) is 0 Å². The van der Waals surface area contributed by atoms with Crippen LogP contribution in [0.15, 0.2) is 60.8 Å². The van der Waals surface area contributed by atoms with Crippen LogP contribution < -0.4 is 10.6 Å². The van der Waals surface area contributed by atoms with Gasteiger partial charge in [0.15, 0.2) is 11.6 Å². The molecule has 6 heteroatoms. The Balaban J connectivity index is 1.66. The molecule has 0 radical (unpaired) electrons. The van der Waals surface area contributed by atoms with Gasteiger partial charge in [0, 0.05) is 17.3 Å². The zero-order valence-electron chi connectivity index (χ0n) is 13.4. The Morgan fingerprint density at radius 3 is 2.28 bits per heavy atom. The third-order valence-corrected chi connectivity index (χ3v) is 3.53. The van der Waals surface area contributed by atoms with Gasteiger partial charge < -0.3 is 10.6 Å². The maximum Gasteiger partial charge on any atom is 0.256 e. The van der Waals surface area contributed by atoms with E-state index in [4.69, 9.17) is 0 Å². The summed E-state index contributed by atoms with van der Waals surface area (Å²) in [6.07, 6.45) is 1.49. The summed E-state index contributed by atoms with van der Waals surface area (Å²) in [4.78, 5) is 16.3. The van der Waals surface area contributed by atoms with E-state index in [0.29, 0.717) is 22.8 Å². The molecule has 0 spiro atoms. The van der Waals surface area contributed by atoms with Crippen molar-refractivity contribution in [1.82, 2.24) is 4.98 Å². The summed E-state index contributed by atoms with van der Waals surface area (Å²) in [5.41, 5.74) is 2.59. The van der Waals surface area contributed by atoms with Crippen LogP contribution in [-0.2, 0) is 0 Å². The third kappa shape index (κ3) is 4.17. The lowest BCUT2D eigenvalue weighted by Crippen LogP contribution is -2.12. The lowest BCUT2D eigenvalue weighted by atomic mass is 10.1. The topological polar surface area (TPSA) is 54.0 Å². The van der Waals surface area contributed by atoms with E-state index in [1.54, 1.807) is 24.3 Å². The second-order valence-corrected chi connectivity index (χ2v) is 5.51. The van der Waals surface area contributed by atoms with Gasteiger partial charge in [-0.25, -0.2) is 13.8 Å². The Kier molecular flexibility index (Phi) is 4.70. The second kappa shape index (κ2) is 7.09. The Morgan fingerprint density at radius 2 is 1.64 bits per heavy atom. The number of anilines is 3. The number of amides is 1. The van der Waals surface area contributed by atoms with Crippen molar-refractivity contribution in [3.05, 3.63) is 83.6 Å². The van der Waals surface area contributed by atoms with Crippen LogP contribution in [0.2, 0.25) is 0 Å². The van der Waals surface area contributed by atoms with E-state index >= 15 is 0 Å². The summed E-state index contributed by atoms with van der Waals surface area (Å²) < 4.78 is 26.1. The highest BCUT2D eigenvalue weighted by Gasteiger charge is 2.07. The summed E-state index contributed by atoms with van der Waals surface area (Å²) in [7, 11) is 0. The average molecular weight is 339 g/mol. The number of aromatic nitrogens is 1. The van der Waals surface area contributed by atoms with Crippen LogP contribution in [0.3, 0.4) is 0 Å². The molecule has 0 unspecified atom stereocenters. The fourth-order valence-electron chi connectivity index (χ4n) is 2.18. The first-order valence-electron chi connectivity index (χ1n) is 7.57. The average Bonchev–Trinajstić information content (AvgIpc) is 2.60. The molecule has 0 aliphatic carbocycles. The molecule has 25 heavy (non-hydrogen) atoms. The molecule has 0 bridgehead atoms. The van der Waals surface area contributed by atoms with Gasteiger partial charge >= 0.3 is 0 Å². The highest BCUT2D eigenvalue weighted by molar-refractivity contribution is 6.03. The summed E-state index contributed by atoms with van der Waals surface area (Å²) in [6, 6.07) is 14.0. The van der Waals surface area contributed by atoms with Gasteiger partial charge in [0.05, 0.1) is 11.9 Å². The van der Waals surface area contributed by atoms with Crippen molar-refractivity contribution in [2.24, 2.45) is 0 Å². The molecule has 3 rings (SSSR count). The molecule has 0 atom stereocenters. The number of nitrogens with zero attached hydrogens (tertiary/aromatic N) is 1. The van der Waals surface area contributed by atoms with Crippen LogP contribution in [0.25, 0.3) is 0 Å². The monoisotopic (exact) mass is 339 g/mol. The fraction of sp³-hybridized carbons (Fsp3) is 0.0526. The number of carbonyl (C=O) groups is 1. The molecule has 0 saturated carbocycles. The van der Waals surface area contributed by atoms with Crippen LogP contribution >= 0.6 is 0 Å². The Bertz CT molecular complexity index is 894. The number of hydrogen-bond donors (Lipinski definition) is 2. The zero-order chi connectivity index (χ0) is 17.8. The van der Waals surface area contributed by atoms with Crippen LogP contribution in [0.4, 0.5) is 26.0 Å². The first-order chi connectivity index (χ1) is 12.0. The molecular formula is C19H15F2N3O. The number of rotatable bonds is 4. The van der Waals surface area contributed by atoms with Crippen molar-refractivity contribution >= 4 is 23.1 Å². The minimum absolute atomic E-state index is 0.256. The van der Waals surface area contributed by atoms with Crippen molar-refractivity contribution in [2.75, 3.05) is 10.6 Å². The molecule has 2 aromatic carbocycles. The Hall–Kier alpha value is -3.28. The van der Waals surface area contributed by atoms with Crippen molar-refractivity contribution in [2.45, 2.75) is 6.92 Å². The number of nitrogens with one attached hydrogen (secondary N) is 2. The lowest BCUT2D eigenvalue weighted by Gasteiger charge is -2.08. The molecule has 4 nitrogen and oxygen atoms in total. The van der Waals surface area contributed by atoms with Crippen molar-refractivity contribution < 1.29 is 13.6 Å². The number of pyridine rings is 1. The first kappa shape index (κ1) is 16.6. The summed E-state index contributed by atoms with van der Waals surface area (Å²) in [6.45, 7) is 1.95. The number of carbonyl (C=O) groups excluding carboxylic acids is 1. The van der Waals surface area contributed by atoms with Crippen LogP contribution in [-0.4, -0.2) is 10.9 Å². The minimum atomic E-state index is -0.931. The van der Waals surface area contributed by atoms with Gasteiger partial charge in [-0.3, -0.25) is 4.79 Å². The van der Waals surface area contributed by atoms with E-state index in [1.807, 2.05) is 19.1 Å². The SMILES string of the molecule is Cc1ccc(C(=O)Nc2ccc(Nc3ccc(F)c(F)c3)cn2)cc1. The predicted molar refractivity (Wildman–Crippen MR) is 93.0 cm³/mol. The molecule has 0 aliphatic heterocycles. The summed E-state index contributed by atoms with van der Waals surface area (Å²) >= 11 is 0. The van der Waals surface area contributed by atoms with Gasteiger partial charge in [0.2, 0.25) is 0 Å². The largest absolute Gasteiger partial charge is 0.354 e. The maximum atomic E-state index is 13.2. The number of aryl methyl sites for hydroxylation is 1. The van der Waals surface area contributed by atoms with Gasteiger partial charge in [-0.1, -0.05) is 17.7 Å². The normalized spacial score (nSPS) is 10.4. The first-order valence-corrected chi connectivity index (χ1v) is 7.57. The molecular weight excluding hydrogens is 324 g/mol. The van der Waals surface area contributed by atoms with Crippen LogP contribution in [0, 0.1) is 18.6 Å². The third-order valence-electron chi connectivity index (χ3n) is 3.53. The van der Waals surface area contributed by atoms with E-state index in [9.17, 15) is 13.6 Å². The minimum Gasteiger partial charge on any atom is -0.354 e. The number of hydrogen-bond acceptors (Lipinski definition) is 3. The second-order valence-electron chi connectivity index (χ2n) is 5.51. The molecule has 2 N–H and O–H groups in total. The molecule has 0 fully saturated rings. The Morgan fingerprint density at radius 1 is 0.920 bits per heavy atom. The molecule has 1 aromatic heterocycles. The highest BCUT2D eigenvalue weighted by Crippen LogP contribution is 2.19. The number of halogens is 2. The van der Waals surface area contributed by atoms with Crippen LogP contribution in [0.1, 0.15) is 15.9 Å². The molecule has 1 amide bonds. The Labute approximate surface area is 143 Å². The van der Waals surface area contributed by atoms with Gasteiger partial charge in [-0.15, -0.1) is 0 Å². The molecule has 0 aliphatic rings. The van der Waals surface area contributed by atoms with Crippen LogP contribution in [0.5, 0.6) is 0 Å². The van der Waals surface area contributed by atoms with Crippen molar-refractivity contribution in [3.63, 3.8) is 0 Å². The summed E-state index contributed by atoms with van der Waals surface area (Å²) in [5, 5.41) is 5.61. The summed E-state index contributed by atoms with van der Waals surface area (Å²) in [5.74, 6) is -1.70. The van der Waals surface area contributed by atoms with Gasteiger partial charge in [0.25, 0.3) is 5.91 Å². The maximum absolute atomic E-state index is 13.2. The van der Waals surface area contributed by atoms with Crippen molar-refractivity contribution in [3.8, 4) is 0 Å². The van der Waals surface area contributed by atoms with Crippen molar-refractivity contribution in [1.29, 1.82) is 0 Å². The number of benzene rings is 2.